The molecule has 2 heterocycles. The summed E-state index contributed by atoms with van der Waals surface area (Å²) in [6, 6.07) is 10.6. The number of carbonyl (C=O) groups is 2. The first-order valence-electron chi connectivity index (χ1n) is 8.81. The molecular weight excluding hydrogens is 349 g/mol. The predicted octanol–water partition coefficient (Wildman–Crippen LogP) is 2.08. The van der Waals surface area contributed by atoms with E-state index in [2.05, 4.69) is 20.5 Å². The number of halogens is 1. The number of benzene rings is 1. The van der Waals surface area contributed by atoms with E-state index in [0.29, 0.717) is 32.0 Å². The van der Waals surface area contributed by atoms with Gasteiger partial charge in [0.1, 0.15) is 17.7 Å². The third kappa shape index (κ3) is 4.93. The maximum Gasteiger partial charge on any atom is 0.318 e. The Morgan fingerprint density at radius 2 is 1.78 bits per heavy atom. The van der Waals surface area contributed by atoms with Gasteiger partial charge in [-0.15, -0.1) is 0 Å². The molecule has 2 aromatic rings. The highest BCUT2D eigenvalue weighted by molar-refractivity contribution is 5.96. The van der Waals surface area contributed by atoms with Gasteiger partial charge in [-0.2, -0.15) is 0 Å². The van der Waals surface area contributed by atoms with Gasteiger partial charge < -0.3 is 20.4 Å². The second-order valence-corrected chi connectivity index (χ2v) is 6.33. The topological polar surface area (TPSA) is 77.6 Å². The minimum Gasteiger partial charge on any atom is -0.368 e. The molecule has 3 amide bonds. The third-order valence-electron chi connectivity index (χ3n) is 4.41. The van der Waals surface area contributed by atoms with E-state index in [1.165, 1.54) is 12.1 Å². The molecule has 142 valence electrons. The molecule has 3 rings (SSSR count). The number of pyridine rings is 1. The van der Waals surface area contributed by atoms with Crippen molar-refractivity contribution in [3.05, 3.63) is 54.5 Å². The van der Waals surface area contributed by atoms with Gasteiger partial charge in [0.15, 0.2) is 0 Å². The van der Waals surface area contributed by atoms with Crippen molar-refractivity contribution in [3.63, 3.8) is 0 Å². The van der Waals surface area contributed by atoms with E-state index in [-0.39, 0.29) is 17.8 Å². The Bertz CT molecular complexity index is 776. The van der Waals surface area contributed by atoms with Gasteiger partial charge in [-0.25, -0.2) is 14.2 Å². The number of anilines is 2. The van der Waals surface area contributed by atoms with Crippen LogP contribution in [0.5, 0.6) is 0 Å². The zero-order chi connectivity index (χ0) is 19.2. The van der Waals surface area contributed by atoms with Crippen molar-refractivity contribution in [3.8, 4) is 0 Å². The monoisotopic (exact) mass is 371 g/mol. The maximum atomic E-state index is 13.0. The Morgan fingerprint density at radius 1 is 1.07 bits per heavy atom. The Kier molecular flexibility index (Phi) is 5.85. The van der Waals surface area contributed by atoms with Crippen LogP contribution in [-0.4, -0.2) is 54.0 Å². The first-order chi connectivity index (χ1) is 13.0. The average molecular weight is 371 g/mol. The molecule has 1 atom stereocenters. The zero-order valence-corrected chi connectivity index (χ0v) is 15.1. The average Bonchev–Trinajstić information content (AvgIpc) is 2.69. The van der Waals surface area contributed by atoms with Crippen LogP contribution in [0.3, 0.4) is 0 Å². The van der Waals surface area contributed by atoms with Gasteiger partial charge in [0, 0.05) is 38.1 Å². The second-order valence-electron chi connectivity index (χ2n) is 6.33. The molecular formula is C19H22FN5O2. The summed E-state index contributed by atoms with van der Waals surface area (Å²) in [5, 5.41) is 5.37. The van der Waals surface area contributed by atoms with E-state index < -0.39 is 6.04 Å². The Balaban J connectivity index is 1.47. The van der Waals surface area contributed by atoms with Crippen LogP contribution in [0.1, 0.15) is 6.92 Å². The molecule has 0 saturated carbocycles. The summed E-state index contributed by atoms with van der Waals surface area (Å²) >= 11 is 0. The quantitative estimate of drug-likeness (QED) is 0.863. The molecule has 1 aromatic carbocycles. The largest absolute Gasteiger partial charge is 0.368 e. The summed E-state index contributed by atoms with van der Waals surface area (Å²) in [7, 11) is 0. The number of aromatic nitrogens is 1. The van der Waals surface area contributed by atoms with Crippen molar-refractivity contribution in [2.45, 2.75) is 13.0 Å². The van der Waals surface area contributed by atoms with Crippen LogP contribution in [-0.2, 0) is 4.79 Å². The standard InChI is InChI=1S/C19H22FN5O2/c1-14(18(26)23-17-4-2-3-9-21-17)22-19(27)25-12-10-24(11-13-25)16-7-5-15(20)6-8-16/h2-9,14H,10-13H2,1H3,(H,22,27)(H,21,23,26)/t14-/m0/s1. The van der Waals surface area contributed by atoms with E-state index in [1.807, 2.05) is 0 Å². The van der Waals surface area contributed by atoms with Gasteiger partial charge in [0.05, 0.1) is 0 Å². The van der Waals surface area contributed by atoms with Crippen molar-refractivity contribution in [2.24, 2.45) is 0 Å². The fourth-order valence-corrected chi connectivity index (χ4v) is 2.83. The van der Waals surface area contributed by atoms with Crippen LogP contribution in [0.15, 0.2) is 48.7 Å². The van der Waals surface area contributed by atoms with E-state index in [9.17, 15) is 14.0 Å². The number of hydrogen-bond acceptors (Lipinski definition) is 4. The van der Waals surface area contributed by atoms with Crippen LogP contribution in [0.2, 0.25) is 0 Å². The van der Waals surface area contributed by atoms with Gasteiger partial charge in [-0.1, -0.05) is 6.07 Å². The van der Waals surface area contributed by atoms with Crippen molar-refractivity contribution in [1.29, 1.82) is 0 Å². The van der Waals surface area contributed by atoms with E-state index in [4.69, 9.17) is 0 Å². The summed E-state index contributed by atoms with van der Waals surface area (Å²) in [5.74, 6) is -0.154. The minimum atomic E-state index is -0.686. The van der Waals surface area contributed by atoms with E-state index in [1.54, 1.807) is 48.4 Å². The molecule has 1 saturated heterocycles. The van der Waals surface area contributed by atoms with Gasteiger partial charge in [-0.05, 0) is 43.3 Å². The predicted molar refractivity (Wildman–Crippen MR) is 101 cm³/mol. The molecule has 1 aromatic heterocycles. The number of rotatable bonds is 4. The first kappa shape index (κ1) is 18.6. The smallest absolute Gasteiger partial charge is 0.318 e. The lowest BCUT2D eigenvalue weighted by atomic mass is 10.2. The van der Waals surface area contributed by atoms with Crippen LogP contribution in [0.4, 0.5) is 20.7 Å². The summed E-state index contributed by atoms with van der Waals surface area (Å²) < 4.78 is 13.0. The first-order valence-corrected chi connectivity index (χ1v) is 8.81. The number of amides is 3. The van der Waals surface area contributed by atoms with Crippen LogP contribution in [0, 0.1) is 5.82 Å². The summed E-state index contributed by atoms with van der Waals surface area (Å²) in [6.07, 6.45) is 1.58. The summed E-state index contributed by atoms with van der Waals surface area (Å²) in [5.41, 5.74) is 0.930. The molecule has 0 aliphatic carbocycles. The number of urea groups is 1. The Hall–Kier alpha value is -3.16. The normalized spacial score (nSPS) is 15.2. The van der Waals surface area contributed by atoms with Crippen LogP contribution in [0.25, 0.3) is 0 Å². The van der Waals surface area contributed by atoms with E-state index >= 15 is 0 Å². The molecule has 8 heteroatoms. The lowest BCUT2D eigenvalue weighted by Crippen LogP contribution is -2.54. The highest BCUT2D eigenvalue weighted by atomic mass is 19.1. The third-order valence-corrected chi connectivity index (χ3v) is 4.41. The molecule has 0 unspecified atom stereocenters. The fourth-order valence-electron chi connectivity index (χ4n) is 2.83. The second kappa shape index (κ2) is 8.48. The van der Waals surface area contributed by atoms with Crippen molar-refractivity contribution < 1.29 is 14.0 Å². The van der Waals surface area contributed by atoms with Gasteiger partial charge >= 0.3 is 6.03 Å². The number of hydrogen-bond donors (Lipinski definition) is 2. The van der Waals surface area contributed by atoms with Crippen molar-refractivity contribution in [1.82, 2.24) is 15.2 Å². The number of piperazine rings is 1. The van der Waals surface area contributed by atoms with Crippen LogP contribution < -0.4 is 15.5 Å². The maximum absolute atomic E-state index is 13.0. The molecule has 0 radical (unpaired) electrons. The number of nitrogens with zero attached hydrogens (tertiary/aromatic N) is 3. The van der Waals surface area contributed by atoms with Crippen molar-refractivity contribution >= 4 is 23.4 Å². The van der Waals surface area contributed by atoms with Crippen molar-refractivity contribution in [2.75, 3.05) is 36.4 Å². The molecule has 0 bridgehead atoms. The lowest BCUT2D eigenvalue weighted by Gasteiger charge is -2.36. The molecule has 1 aliphatic heterocycles. The van der Waals surface area contributed by atoms with Gasteiger partial charge in [0.2, 0.25) is 5.91 Å². The molecule has 2 N–H and O–H groups in total. The molecule has 1 fully saturated rings. The summed E-state index contributed by atoms with van der Waals surface area (Å²) in [6.45, 7) is 3.97. The highest BCUT2D eigenvalue weighted by Gasteiger charge is 2.24. The highest BCUT2D eigenvalue weighted by Crippen LogP contribution is 2.17. The number of carbonyl (C=O) groups excluding carboxylic acids is 2. The molecule has 27 heavy (non-hydrogen) atoms. The lowest BCUT2D eigenvalue weighted by molar-refractivity contribution is -0.117. The fraction of sp³-hybridized carbons (Fsp3) is 0.316. The van der Waals surface area contributed by atoms with Crippen LogP contribution >= 0.6 is 0 Å². The molecule has 1 aliphatic rings. The molecule has 7 nitrogen and oxygen atoms in total. The minimum absolute atomic E-state index is 0.269. The summed E-state index contributed by atoms with van der Waals surface area (Å²) in [4.78, 5) is 32.4. The number of nitrogens with one attached hydrogen (secondary N) is 2. The van der Waals surface area contributed by atoms with Gasteiger partial charge in [0.25, 0.3) is 0 Å². The van der Waals surface area contributed by atoms with Gasteiger partial charge in [-0.3, -0.25) is 4.79 Å². The SMILES string of the molecule is C[C@H](NC(=O)N1CCN(c2ccc(F)cc2)CC1)C(=O)Nc1ccccn1. The van der Waals surface area contributed by atoms with E-state index in [0.717, 1.165) is 5.69 Å². The Labute approximate surface area is 157 Å². The zero-order valence-electron chi connectivity index (χ0n) is 15.1. The molecule has 0 spiro atoms. The Morgan fingerprint density at radius 3 is 2.41 bits per heavy atom.